The molecule has 0 saturated carbocycles. The fourth-order valence-electron chi connectivity index (χ4n) is 2.33. The zero-order valence-corrected chi connectivity index (χ0v) is 17.0. The van der Waals surface area contributed by atoms with Crippen LogP contribution in [0.1, 0.15) is 10.4 Å². The maximum absolute atomic E-state index is 12.3. The number of amides is 1. The Balaban J connectivity index is 1.54. The van der Waals surface area contributed by atoms with Gasteiger partial charge < -0.3 is 10.1 Å². The summed E-state index contributed by atoms with van der Waals surface area (Å²) < 4.78 is 32.0. The molecule has 0 unspecified atom stereocenters. The molecule has 30 heavy (non-hydrogen) atoms. The predicted molar refractivity (Wildman–Crippen MR) is 112 cm³/mol. The number of nitrogens with one attached hydrogen (secondary N) is 2. The molecule has 1 amide bonds. The lowest BCUT2D eigenvalue weighted by molar-refractivity contribution is -0.119. The highest BCUT2D eigenvalue weighted by Gasteiger charge is 2.15. The number of sulfonamides is 1. The first-order chi connectivity index (χ1) is 14.3. The first-order valence-electron chi connectivity index (χ1n) is 8.60. The van der Waals surface area contributed by atoms with Gasteiger partial charge in [-0.1, -0.05) is 29.8 Å². The fourth-order valence-corrected chi connectivity index (χ4v) is 3.52. The van der Waals surface area contributed by atoms with Crippen LogP contribution in [0.3, 0.4) is 0 Å². The lowest BCUT2D eigenvalue weighted by Crippen LogP contribution is -2.21. The molecule has 10 heteroatoms. The Kier molecular flexibility index (Phi) is 6.65. The lowest BCUT2D eigenvalue weighted by Gasteiger charge is -2.09. The topological polar surface area (TPSA) is 114 Å². The summed E-state index contributed by atoms with van der Waals surface area (Å²) in [6, 6.07) is 16.6. The van der Waals surface area contributed by atoms with Crippen LogP contribution in [0.5, 0.6) is 0 Å². The second-order valence-corrected chi connectivity index (χ2v) is 8.10. The largest absolute Gasteiger partial charge is 0.452 e. The minimum absolute atomic E-state index is 0.120. The summed E-state index contributed by atoms with van der Waals surface area (Å²) in [6.07, 6.45) is 1.37. The van der Waals surface area contributed by atoms with E-state index in [1.807, 2.05) is 0 Å². The van der Waals surface area contributed by atoms with E-state index in [-0.39, 0.29) is 22.0 Å². The van der Waals surface area contributed by atoms with Crippen molar-refractivity contribution in [3.8, 4) is 0 Å². The number of aromatic nitrogens is 1. The van der Waals surface area contributed by atoms with Crippen LogP contribution in [-0.2, 0) is 19.6 Å². The molecule has 154 valence electrons. The van der Waals surface area contributed by atoms with Crippen LogP contribution in [-0.4, -0.2) is 31.9 Å². The summed E-state index contributed by atoms with van der Waals surface area (Å²) in [5.74, 6) is -1.02. The molecule has 0 aliphatic heterocycles. The summed E-state index contributed by atoms with van der Waals surface area (Å²) in [7, 11) is -3.73. The number of esters is 1. The zero-order chi connectivity index (χ0) is 21.6. The van der Waals surface area contributed by atoms with Crippen LogP contribution in [0.2, 0.25) is 5.02 Å². The minimum atomic E-state index is -3.73. The fraction of sp³-hybridized carbons (Fsp3) is 0.0500. The number of rotatable bonds is 7. The maximum atomic E-state index is 12.3. The number of carbonyl (C=O) groups excluding carboxylic acids is 2. The van der Waals surface area contributed by atoms with Crippen LogP contribution in [0.25, 0.3) is 0 Å². The van der Waals surface area contributed by atoms with Gasteiger partial charge in [-0.2, -0.15) is 0 Å². The first kappa shape index (κ1) is 21.3. The predicted octanol–water partition coefficient (Wildman–Crippen LogP) is 3.33. The Labute approximate surface area is 177 Å². The molecule has 8 nitrogen and oxygen atoms in total. The third-order valence-electron chi connectivity index (χ3n) is 3.76. The summed E-state index contributed by atoms with van der Waals surface area (Å²) >= 11 is 5.71. The van der Waals surface area contributed by atoms with E-state index in [0.29, 0.717) is 5.02 Å². The van der Waals surface area contributed by atoms with E-state index in [9.17, 15) is 18.0 Å². The molecule has 0 aliphatic carbocycles. The van der Waals surface area contributed by atoms with Crippen molar-refractivity contribution in [1.82, 2.24) is 4.98 Å². The molecule has 0 bridgehead atoms. The minimum Gasteiger partial charge on any atom is -0.452 e. The van der Waals surface area contributed by atoms with Crippen molar-refractivity contribution < 1.29 is 22.7 Å². The van der Waals surface area contributed by atoms with E-state index >= 15 is 0 Å². The monoisotopic (exact) mass is 445 g/mol. The van der Waals surface area contributed by atoms with E-state index < -0.39 is 28.5 Å². The smallest absolute Gasteiger partial charge is 0.338 e. The normalized spacial score (nSPS) is 10.8. The van der Waals surface area contributed by atoms with E-state index in [4.69, 9.17) is 16.3 Å². The number of anilines is 2. The second kappa shape index (κ2) is 9.38. The third kappa shape index (κ3) is 5.79. The van der Waals surface area contributed by atoms with E-state index in [1.165, 1.54) is 48.7 Å². The van der Waals surface area contributed by atoms with Crippen molar-refractivity contribution in [2.24, 2.45) is 0 Å². The second-order valence-electron chi connectivity index (χ2n) is 5.98. The zero-order valence-electron chi connectivity index (χ0n) is 15.4. The first-order valence-corrected chi connectivity index (χ1v) is 10.5. The maximum Gasteiger partial charge on any atom is 0.338 e. The molecule has 0 atom stereocenters. The number of halogens is 1. The number of nitrogens with zero attached hydrogens (tertiary/aromatic N) is 1. The number of hydrogen-bond acceptors (Lipinski definition) is 6. The molecule has 2 N–H and O–H groups in total. The number of hydrogen-bond donors (Lipinski definition) is 2. The lowest BCUT2D eigenvalue weighted by atomic mass is 10.2. The van der Waals surface area contributed by atoms with Gasteiger partial charge in [0.1, 0.15) is 5.82 Å². The van der Waals surface area contributed by atoms with E-state index in [2.05, 4.69) is 15.0 Å². The molecular weight excluding hydrogens is 430 g/mol. The van der Waals surface area contributed by atoms with Crippen LogP contribution in [0.15, 0.2) is 77.8 Å². The van der Waals surface area contributed by atoms with Crippen LogP contribution in [0.4, 0.5) is 11.5 Å². The molecule has 1 aromatic heterocycles. The summed E-state index contributed by atoms with van der Waals surface area (Å²) in [4.78, 5) is 28.0. The van der Waals surface area contributed by atoms with Crippen molar-refractivity contribution in [3.05, 3.63) is 83.5 Å². The molecule has 0 radical (unpaired) electrons. The standard InChI is InChI=1S/C20H16ClN3O5S/c21-15-8-11-18(22-12-15)23-19(25)13-29-20(26)14-6-9-16(10-7-14)24-30(27,28)17-4-2-1-3-5-17/h1-12,24H,13H2,(H,22,23,25). The molecule has 0 saturated heterocycles. The van der Waals surface area contributed by atoms with Crippen LogP contribution < -0.4 is 10.0 Å². The van der Waals surface area contributed by atoms with Gasteiger partial charge >= 0.3 is 5.97 Å². The van der Waals surface area contributed by atoms with Crippen molar-refractivity contribution in [1.29, 1.82) is 0 Å². The quantitative estimate of drug-likeness (QED) is 0.539. The Morgan fingerprint density at radius 1 is 0.967 bits per heavy atom. The van der Waals surface area contributed by atoms with Gasteiger partial charge in [0.15, 0.2) is 6.61 Å². The summed E-state index contributed by atoms with van der Waals surface area (Å²) in [5, 5.41) is 2.89. The van der Waals surface area contributed by atoms with Gasteiger partial charge in [-0.3, -0.25) is 9.52 Å². The molecule has 0 aliphatic rings. The molecule has 3 rings (SSSR count). The number of ether oxygens (including phenoxy) is 1. The van der Waals surface area contributed by atoms with Crippen molar-refractivity contribution in [2.45, 2.75) is 4.90 Å². The summed E-state index contributed by atoms with van der Waals surface area (Å²) in [5.41, 5.74) is 0.442. The van der Waals surface area contributed by atoms with Crippen molar-refractivity contribution >= 4 is 45.0 Å². The highest BCUT2D eigenvalue weighted by atomic mass is 35.5. The SMILES string of the molecule is O=C(COC(=O)c1ccc(NS(=O)(=O)c2ccccc2)cc1)Nc1ccc(Cl)cn1. The van der Waals surface area contributed by atoms with Crippen LogP contribution >= 0.6 is 11.6 Å². The van der Waals surface area contributed by atoms with Gasteiger partial charge in [-0.05, 0) is 48.5 Å². The Morgan fingerprint density at radius 3 is 2.30 bits per heavy atom. The summed E-state index contributed by atoms with van der Waals surface area (Å²) in [6.45, 7) is -0.508. The van der Waals surface area contributed by atoms with Crippen molar-refractivity contribution in [3.63, 3.8) is 0 Å². The van der Waals surface area contributed by atoms with Gasteiger partial charge in [0.25, 0.3) is 15.9 Å². The van der Waals surface area contributed by atoms with Crippen LogP contribution in [0, 0.1) is 0 Å². The molecule has 2 aromatic carbocycles. The van der Waals surface area contributed by atoms with Gasteiger partial charge in [-0.25, -0.2) is 18.2 Å². The van der Waals surface area contributed by atoms with Gasteiger partial charge in [0, 0.05) is 11.9 Å². The average molecular weight is 446 g/mol. The van der Waals surface area contributed by atoms with E-state index in [1.54, 1.807) is 24.3 Å². The molecule has 0 spiro atoms. The van der Waals surface area contributed by atoms with Gasteiger partial charge in [0.2, 0.25) is 0 Å². The van der Waals surface area contributed by atoms with Gasteiger partial charge in [-0.15, -0.1) is 0 Å². The van der Waals surface area contributed by atoms with Gasteiger partial charge in [0.05, 0.1) is 15.5 Å². The average Bonchev–Trinajstić information content (AvgIpc) is 2.74. The molecule has 1 heterocycles. The number of pyridine rings is 1. The third-order valence-corrected chi connectivity index (χ3v) is 5.38. The molecule has 3 aromatic rings. The highest BCUT2D eigenvalue weighted by molar-refractivity contribution is 7.92. The highest BCUT2D eigenvalue weighted by Crippen LogP contribution is 2.17. The molecule has 0 fully saturated rings. The van der Waals surface area contributed by atoms with Crippen molar-refractivity contribution in [2.75, 3.05) is 16.6 Å². The van der Waals surface area contributed by atoms with E-state index in [0.717, 1.165) is 0 Å². The Morgan fingerprint density at radius 2 is 1.67 bits per heavy atom. The number of benzene rings is 2. The Hall–Kier alpha value is -3.43. The molecular formula is C20H16ClN3O5S. The number of carbonyl (C=O) groups is 2. The Bertz CT molecular complexity index is 1140.